The van der Waals surface area contributed by atoms with E-state index in [-0.39, 0.29) is 0 Å². The summed E-state index contributed by atoms with van der Waals surface area (Å²) in [6, 6.07) is 9.99. The minimum atomic E-state index is -1.29. The lowest BCUT2D eigenvalue weighted by Crippen LogP contribution is -2.16. The van der Waals surface area contributed by atoms with Crippen molar-refractivity contribution < 1.29 is 19.4 Å². The molecule has 0 fully saturated rings. The van der Waals surface area contributed by atoms with E-state index in [1.165, 1.54) is 7.11 Å². The van der Waals surface area contributed by atoms with Crippen molar-refractivity contribution in [3.63, 3.8) is 0 Å². The van der Waals surface area contributed by atoms with Crippen molar-refractivity contribution >= 4 is 5.97 Å². The fourth-order valence-corrected chi connectivity index (χ4v) is 3.31. The van der Waals surface area contributed by atoms with Crippen molar-refractivity contribution in [3.8, 4) is 16.9 Å². The number of hydrogen-bond acceptors (Lipinski definition) is 4. The Balaban J connectivity index is 2.17. The van der Waals surface area contributed by atoms with E-state index in [0.717, 1.165) is 53.0 Å². The molecular formula is C20H22O4. The van der Waals surface area contributed by atoms with Gasteiger partial charge in [0, 0.05) is 5.56 Å². The SMILES string of the molecule is COC(=O)C(O)c1c(C)ccc(C)c1-c1ccc2c(c1)CCCO2. The maximum absolute atomic E-state index is 11.9. The Hall–Kier alpha value is -2.33. The molecule has 4 nitrogen and oxygen atoms in total. The van der Waals surface area contributed by atoms with Crippen LogP contribution in [0.3, 0.4) is 0 Å². The van der Waals surface area contributed by atoms with Crippen LogP contribution in [0.25, 0.3) is 11.1 Å². The van der Waals surface area contributed by atoms with Crippen molar-refractivity contribution in [2.75, 3.05) is 13.7 Å². The minimum Gasteiger partial charge on any atom is -0.493 e. The summed E-state index contributed by atoms with van der Waals surface area (Å²) in [5.41, 5.74) is 5.52. The number of fused-ring (bicyclic) bond motifs is 1. The summed E-state index contributed by atoms with van der Waals surface area (Å²) >= 11 is 0. The molecule has 2 aromatic rings. The third-order valence-corrected chi connectivity index (χ3v) is 4.57. The highest BCUT2D eigenvalue weighted by atomic mass is 16.5. The number of aryl methyl sites for hydroxylation is 3. The van der Waals surface area contributed by atoms with E-state index in [4.69, 9.17) is 9.47 Å². The zero-order valence-electron chi connectivity index (χ0n) is 14.3. The summed E-state index contributed by atoms with van der Waals surface area (Å²) in [5.74, 6) is 0.275. The standard InChI is InChI=1S/C20H22O4/c1-12-6-7-13(2)18(19(21)20(22)23-3)17(12)15-8-9-16-14(11-15)5-4-10-24-16/h6-9,11,19,21H,4-5,10H2,1-3H3. The Morgan fingerprint density at radius 3 is 2.71 bits per heavy atom. The van der Waals surface area contributed by atoms with Crippen molar-refractivity contribution in [2.45, 2.75) is 32.8 Å². The first kappa shape index (κ1) is 16.5. The van der Waals surface area contributed by atoms with Gasteiger partial charge >= 0.3 is 5.97 Å². The molecule has 0 aromatic heterocycles. The average molecular weight is 326 g/mol. The maximum atomic E-state index is 11.9. The van der Waals surface area contributed by atoms with E-state index in [1.807, 2.05) is 38.1 Å². The molecule has 1 unspecified atom stereocenters. The Morgan fingerprint density at radius 1 is 1.21 bits per heavy atom. The van der Waals surface area contributed by atoms with Crippen LogP contribution in [0.15, 0.2) is 30.3 Å². The van der Waals surface area contributed by atoms with Crippen molar-refractivity contribution in [1.82, 2.24) is 0 Å². The van der Waals surface area contributed by atoms with Gasteiger partial charge in [0.05, 0.1) is 13.7 Å². The van der Waals surface area contributed by atoms with Gasteiger partial charge in [-0.25, -0.2) is 4.79 Å². The van der Waals surface area contributed by atoms with E-state index >= 15 is 0 Å². The summed E-state index contributed by atoms with van der Waals surface area (Å²) in [7, 11) is 1.28. The number of aliphatic hydroxyl groups is 1. The molecule has 1 heterocycles. The summed E-state index contributed by atoms with van der Waals surface area (Å²) in [4.78, 5) is 11.9. The number of methoxy groups -OCH3 is 1. The molecule has 0 bridgehead atoms. The molecule has 0 aliphatic carbocycles. The Kier molecular flexibility index (Phi) is 4.58. The van der Waals surface area contributed by atoms with Crippen LogP contribution in [-0.4, -0.2) is 24.8 Å². The predicted octanol–water partition coefficient (Wildman–Crippen LogP) is 3.50. The highest BCUT2D eigenvalue weighted by molar-refractivity contribution is 5.83. The van der Waals surface area contributed by atoms with Gasteiger partial charge < -0.3 is 14.6 Å². The van der Waals surface area contributed by atoms with Gasteiger partial charge in [0.15, 0.2) is 6.10 Å². The molecule has 0 radical (unpaired) electrons. The molecule has 2 aromatic carbocycles. The fourth-order valence-electron chi connectivity index (χ4n) is 3.31. The molecule has 0 saturated carbocycles. The van der Waals surface area contributed by atoms with Crippen LogP contribution in [0, 0.1) is 13.8 Å². The molecule has 1 aliphatic heterocycles. The highest BCUT2D eigenvalue weighted by Gasteiger charge is 2.25. The topological polar surface area (TPSA) is 55.8 Å². The van der Waals surface area contributed by atoms with Crippen LogP contribution in [0.2, 0.25) is 0 Å². The molecule has 0 spiro atoms. The van der Waals surface area contributed by atoms with Gasteiger partial charge in [-0.3, -0.25) is 0 Å². The first-order valence-corrected chi connectivity index (χ1v) is 8.15. The smallest absolute Gasteiger partial charge is 0.339 e. The molecule has 126 valence electrons. The number of hydrogen-bond donors (Lipinski definition) is 1. The van der Waals surface area contributed by atoms with Gasteiger partial charge in [-0.1, -0.05) is 18.2 Å². The summed E-state index contributed by atoms with van der Waals surface area (Å²) in [5, 5.41) is 10.5. The van der Waals surface area contributed by atoms with Crippen LogP contribution in [0.1, 0.15) is 34.8 Å². The van der Waals surface area contributed by atoms with Gasteiger partial charge in [-0.15, -0.1) is 0 Å². The van der Waals surface area contributed by atoms with E-state index in [9.17, 15) is 9.90 Å². The van der Waals surface area contributed by atoms with Gasteiger partial charge in [-0.2, -0.15) is 0 Å². The molecule has 1 aliphatic rings. The largest absolute Gasteiger partial charge is 0.493 e. The highest BCUT2D eigenvalue weighted by Crippen LogP contribution is 2.37. The fraction of sp³-hybridized carbons (Fsp3) is 0.350. The first-order chi connectivity index (χ1) is 11.5. The zero-order chi connectivity index (χ0) is 17.3. The second-order valence-corrected chi connectivity index (χ2v) is 6.19. The monoisotopic (exact) mass is 326 g/mol. The second kappa shape index (κ2) is 6.65. The summed E-state index contributed by atoms with van der Waals surface area (Å²) in [6.07, 6.45) is 0.682. The average Bonchev–Trinajstić information content (AvgIpc) is 2.61. The molecule has 4 heteroatoms. The molecule has 3 rings (SSSR count). The van der Waals surface area contributed by atoms with Gasteiger partial charge in [0.2, 0.25) is 0 Å². The lowest BCUT2D eigenvalue weighted by atomic mass is 9.87. The predicted molar refractivity (Wildman–Crippen MR) is 92.1 cm³/mol. The number of carbonyl (C=O) groups is 1. The number of benzene rings is 2. The van der Waals surface area contributed by atoms with Crippen LogP contribution >= 0.6 is 0 Å². The molecule has 1 N–H and O–H groups in total. The Morgan fingerprint density at radius 2 is 1.96 bits per heavy atom. The number of esters is 1. The molecule has 0 amide bonds. The van der Waals surface area contributed by atoms with E-state index in [0.29, 0.717) is 5.56 Å². The summed E-state index contributed by atoms with van der Waals surface area (Å²) < 4.78 is 10.4. The van der Waals surface area contributed by atoms with Gasteiger partial charge in [0.1, 0.15) is 5.75 Å². The number of rotatable bonds is 3. The zero-order valence-corrected chi connectivity index (χ0v) is 14.3. The normalized spacial score (nSPS) is 14.5. The quantitative estimate of drug-likeness (QED) is 0.877. The van der Waals surface area contributed by atoms with Crippen LogP contribution in [0.4, 0.5) is 0 Å². The van der Waals surface area contributed by atoms with Crippen LogP contribution in [0.5, 0.6) is 5.75 Å². The van der Waals surface area contributed by atoms with Crippen molar-refractivity contribution in [1.29, 1.82) is 0 Å². The van der Waals surface area contributed by atoms with Crippen molar-refractivity contribution in [2.24, 2.45) is 0 Å². The molecule has 1 atom stereocenters. The van der Waals surface area contributed by atoms with E-state index in [2.05, 4.69) is 6.07 Å². The first-order valence-electron chi connectivity index (χ1n) is 8.15. The number of aliphatic hydroxyl groups excluding tert-OH is 1. The van der Waals surface area contributed by atoms with Crippen molar-refractivity contribution in [3.05, 3.63) is 52.6 Å². The van der Waals surface area contributed by atoms with E-state index in [1.54, 1.807) is 0 Å². The van der Waals surface area contributed by atoms with Gasteiger partial charge in [-0.05, 0) is 66.6 Å². The van der Waals surface area contributed by atoms with E-state index < -0.39 is 12.1 Å². The third kappa shape index (κ3) is 2.89. The Labute approximate surface area is 142 Å². The Bertz CT molecular complexity index is 779. The van der Waals surface area contributed by atoms with Crippen LogP contribution < -0.4 is 4.74 Å². The molecular weight excluding hydrogens is 304 g/mol. The lowest BCUT2D eigenvalue weighted by molar-refractivity contribution is -0.150. The van der Waals surface area contributed by atoms with Gasteiger partial charge in [0.25, 0.3) is 0 Å². The number of carbonyl (C=O) groups excluding carboxylic acids is 1. The molecule has 24 heavy (non-hydrogen) atoms. The summed E-state index contributed by atoms with van der Waals surface area (Å²) in [6.45, 7) is 4.63. The minimum absolute atomic E-state index is 0.610. The molecule has 0 saturated heterocycles. The lowest BCUT2D eigenvalue weighted by Gasteiger charge is -2.22. The van der Waals surface area contributed by atoms with Crippen LogP contribution in [-0.2, 0) is 16.0 Å². The third-order valence-electron chi connectivity index (χ3n) is 4.57. The second-order valence-electron chi connectivity index (χ2n) is 6.19. The number of ether oxygens (including phenoxy) is 2. The maximum Gasteiger partial charge on any atom is 0.339 e.